The maximum Gasteiger partial charge on any atom is 0.308 e. The molecule has 4 aromatic rings. The number of fused-ring (bicyclic) bond motifs is 8. The van der Waals surface area contributed by atoms with Crippen LogP contribution in [0, 0.1) is 37.5 Å². The van der Waals surface area contributed by atoms with Gasteiger partial charge in [-0.1, -0.05) is 60.7 Å². The highest BCUT2D eigenvalue weighted by atomic mass is 32.2. The molecule has 0 saturated carbocycles. The van der Waals surface area contributed by atoms with Gasteiger partial charge in [0.15, 0.2) is 0 Å². The summed E-state index contributed by atoms with van der Waals surface area (Å²) in [7, 11) is -8.17. The predicted octanol–water partition coefficient (Wildman–Crippen LogP) is 3.25. The summed E-state index contributed by atoms with van der Waals surface area (Å²) in [5, 5.41) is 40.0. The first kappa shape index (κ1) is 44.6. The fourth-order valence-corrected chi connectivity index (χ4v) is 14.0. The van der Waals surface area contributed by atoms with Crippen LogP contribution in [0.25, 0.3) is 12.2 Å². The first-order valence-corrected chi connectivity index (χ1v) is 22.9. The van der Waals surface area contributed by atoms with E-state index < -0.39 is 93.0 Å². The van der Waals surface area contributed by atoms with Crippen molar-refractivity contribution in [1.29, 1.82) is 0 Å². The number of aliphatic hydroxyl groups excluding tert-OH is 2. The summed E-state index contributed by atoms with van der Waals surface area (Å²) in [5.74, 6) is -6.43. The molecule has 2 aromatic carbocycles. The summed E-state index contributed by atoms with van der Waals surface area (Å²) in [6, 6.07) is 15.5. The fraction of sp³-hybridized carbons (Fsp3) is 0.364. The average molecular weight is 889 g/mol. The molecule has 4 N–H and O–H groups in total. The van der Waals surface area contributed by atoms with E-state index in [9.17, 15) is 56.4 Å². The minimum Gasteiger partial charge on any atom is -0.481 e. The Kier molecular flexibility index (Phi) is 12.2. The smallest absolute Gasteiger partial charge is 0.308 e. The van der Waals surface area contributed by atoms with Crippen LogP contribution in [0.3, 0.4) is 0 Å². The Morgan fingerprint density at radius 3 is 1.27 bits per heavy atom. The SMILES string of the molecule is C/C=C/c1ccc2n(c1=O)C[C@H]1[C@H](CO)[C@@H](C(=O)O)[C@@H]2N1S(=O)(=O)c1ccccc1C.C/C=C\c1ccc2n(c1=O)C[C@H]1[C@H](CO)[C@@H](C(=O)O)[C@@H]2N1S(=O)(=O)c1ccccc1C. The Morgan fingerprint density at radius 2 is 0.968 bits per heavy atom. The fourth-order valence-electron chi connectivity index (χ4n) is 9.89. The van der Waals surface area contributed by atoms with E-state index >= 15 is 0 Å². The Bertz CT molecular complexity index is 2660. The third kappa shape index (κ3) is 7.07. The lowest BCUT2D eigenvalue weighted by Crippen LogP contribution is -2.49. The number of carboxylic acid groups (broad SMARTS) is 2. The van der Waals surface area contributed by atoms with Crippen LogP contribution in [0.2, 0.25) is 0 Å². The normalized spacial score (nSPS) is 25.6. The number of pyridine rings is 2. The molecule has 4 aliphatic heterocycles. The number of benzene rings is 2. The summed E-state index contributed by atoms with van der Waals surface area (Å²) >= 11 is 0. The zero-order chi connectivity index (χ0) is 45.0. The average Bonchev–Trinajstić information content (AvgIpc) is 3.65. The highest BCUT2D eigenvalue weighted by molar-refractivity contribution is 7.89. The van der Waals surface area contributed by atoms with Crippen molar-refractivity contribution in [3.63, 3.8) is 0 Å². The molecule has 0 aliphatic carbocycles. The maximum absolute atomic E-state index is 13.7. The topological polar surface area (TPSA) is 234 Å². The quantitative estimate of drug-likeness (QED) is 0.180. The number of carbonyl (C=O) groups is 2. The number of hydrogen-bond donors (Lipinski definition) is 4. The molecule has 0 amide bonds. The Hall–Kier alpha value is -5.50. The van der Waals surface area contributed by atoms with Crippen LogP contribution in [-0.2, 0) is 42.7 Å². The first-order chi connectivity index (χ1) is 29.5. The van der Waals surface area contributed by atoms with Gasteiger partial charge in [-0.25, -0.2) is 16.8 Å². The summed E-state index contributed by atoms with van der Waals surface area (Å²) < 4.78 is 60.2. The molecule has 2 saturated heterocycles. The van der Waals surface area contributed by atoms with Gasteiger partial charge in [-0.15, -0.1) is 0 Å². The van der Waals surface area contributed by atoms with Crippen LogP contribution in [0.4, 0.5) is 0 Å². The molecular weight excluding hydrogens is 841 g/mol. The number of aryl methyl sites for hydroxylation is 2. The van der Waals surface area contributed by atoms with Crippen LogP contribution in [0.5, 0.6) is 0 Å². The second kappa shape index (κ2) is 17.0. The van der Waals surface area contributed by atoms with Gasteiger partial charge in [-0.05, 0) is 75.2 Å². The zero-order valence-electron chi connectivity index (χ0n) is 34.3. The monoisotopic (exact) mass is 888 g/mol. The third-order valence-corrected chi connectivity index (χ3v) is 16.7. The van der Waals surface area contributed by atoms with Gasteiger partial charge in [0.05, 0.1) is 33.7 Å². The van der Waals surface area contributed by atoms with Gasteiger partial charge >= 0.3 is 11.9 Å². The number of carboxylic acids is 2. The zero-order valence-corrected chi connectivity index (χ0v) is 36.0. The molecule has 2 fully saturated rings. The van der Waals surface area contributed by atoms with E-state index in [4.69, 9.17) is 0 Å². The van der Waals surface area contributed by atoms with Crippen LogP contribution < -0.4 is 11.1 Å². The van der Waals surface area contributed by atoms with E-state index in [0.717, 1.165) is 0 Å². The van der Waals surface area contributed by atoms with Crippen molar-refractivity contribution in [1.82, 2.24) is 17.7 Å². The van der Waals surface area contributed by atoms with Crippen molar-refractivity contribution < 1.29 is 46.9 Å². The molecule has 4 aliphatic rings. The minimum atomic E-state index is -4.08. The molecule has 8 rings (SSSR count). The highest BCUT2D eigenvalue weighted by Crippen LogP contribution is 2.52. The number of sulfonamides is 2. The van der Waals surface area contributed by atoms with Crippen molar-refractivity contribution in [2.45, 2.75) is 74.7 Å². The van der Waals surface area contributed by atoms with Gasteiger partial charge in [0, 0.05) is 72.7 Å². The largest absolute Gasteiger partial charge is 0.481 e. The van der Waals surface area contributed by atoms with E-state index in [1.165, 1.54) is 29.9 Å². The lowest BCUT2D eigenvalue weighted by molar-refractivity contribution is -0.145. The van der Waals surface area contributed by atoms with E-state index in [-0.39, 0.29) is 34.0 Å². The summed E-state index contributed by atoms with van der Waals surface area (Å²) in [5.41, 5.74) is 2.01. The number of aromatic nitrogens is 2. The van der Waals surface area contributed by atoms with E-state index in [1.807, 2.05) is 0 Å². The Morgan fingerprint density at radius 1 is 0.613 bits per heavy atom. The van der Waals surface area contributed by atoms with E-state index in [2.05, 4.69) is 0 Å². The standard InChI is InChI=1S/2C22H24N2O6S/c2*1-3-6-14-9-10-16-20-19(22(27)28)15(12-25)17(11-23(16)21(14)26)24(20)31(29,30)18-8-5-4-7-13(18)2/h2*3-10,15,17,19-20,25H,11-12H2,1-2H3,(H,27,28)/b6-3+;6-3-/t2*15-,17-,19+,20+/m00/s1. The van der Waals surface area contributed by atoms with Gasteiger partial charge < -0.3 is 29.6 Å². The predicted molar refractivity (Wildman–Crippen MR) is 228 cm³/mol. The van der Waals surface area contributed by atoms with Crippen molar-refractivity contribution in [3.05, 3.63) is 139 Å². The molecular formula is C44H48N4O12S2. The Balaban J connectivity index is 0.000000186. The number of hydrogen-bond acceptors (Lipinski definition) is 10. The van der Waals surface area contributed by atoms with Gasteiger partial charge in [0.1, 0.15) is 0 Å². The lowest BCUT2D eigenvalue weighted by atomic mass is 9.87. The molecule has 8 atom stereocenters. The molecule has 0 radical (unpaired) electrons. The molecule has 18 heteroatoms. The number of rotatable bonds is 10. The van der Waals surface area contributed by atoms with Gasteiger partial charge in [-0.2, -0.15) is 8.61 Å². The van der Waals surface area contributed by atoms with Crippen molar-refractivity contribution in [3.8, 4) is 0 Å². The van der Waals surface area contributed by atoms with Crippen molar-refractivity contribution in [2.24, 2.45) is 23.7 Å². The van der Waals surface area contributed by atoms with Crippen molar-refractivity contribution in [2.75, 3.05) is 13.2 Å². The molecule has 62 heavy (non-hydrogen) atoms. The second-order valence-corrected chi connectivity index (χ2v) is 19.5. The van der Waals surface area contributed by atoms with Crippen LogP contribution in [0.1, 0.15) is 59.6 Å². The Labute approximate surface area is 358 Å². The molecule has 0 spiro atoms. The number of aliphatic hydroxyl groups is 2. The number of allylic oxidation sites excluding steroid dienone is 2. The molecule has 4 bridgehead atoms. The lowest BCUT2D eigenvalue weighted by Gasteiger charge is -2.37. The molecule has 16 nitrogen and oxygen atoms in total. The second-order valence-electron chi connectivity index (χ2n) is 15.9. The number of aliphatic carboxylic acids is 2. The summed E-state index contributed by atoms with van der Waals surface area (Å²) in [6.45, 7) is 5.90. The molecule has 6 heterocycles. The van der Waals surface area contributed by atoms with Crippen LogP contribution in [-0.4, -0.2) is 92.2 Å². The van der Waals surface area contributed by atoms with E-state index in [0.29, 0.717) is 33.6 Å². The molecule has 328 valence electrons. The van der Waals surface area contributed by atoms with Gasteiger partial charge in [-0.3, -0.25) is 19.2 Å². The highest BCUT2D eigenvalue weighted by Gasteiger charge is 2.61. The van der Waals surface area contributed by atoms with Crippen molar-refractivity contribution >= 4 is 44.1 Å². The van der Waals surface area contributed by atoms with E-state index in [1.54, 1.807) is 113 Å². The van der Waals surface area contributed by atoms with Gasteiger partial charge in [0.25, 0.3) is 11.1 Å². The molecule has 2 aromatic heterocycles. The summed E-state index contributed by atoms with van der Waals surface area (Å²) in [4.78, 5) is 50.6. The first-order valence-electron chi connectivity index (χ1n) is 20.1. The number of nitrogens with zero attached hydrogens (tertiary/aromatic N) is 4. The third-order valence-electron chi connectivity index (χ3n) is 12.6. The molecule has 0 unspecified atom stereocenters. The van der Waals surface area contributed by atoms with Gasteiger partial charge in [0.2, 0.25) is 20.0 Å². The minimum absolute atomic E-state index is 0.0177. The summed E-state index contributed by atoms with van der Waals surface area (Å²) in [6.07, 6.45) is 6.78. The maximum atomic E-state index is 13.7. The van der Waals surface area contributed by atoms with Crippen LogP contribution >= 0.6 is 0 Å². The van der Waals surface area contributed by atoms with Crippen LogP contribution in [0.15, 0.2) is 104 Å².